The Hall–Kier alpha value is -3.52. The molecule has 8 nitrogen and oxygen atoms in total. The van der Waals surface area contributed by atoms with E-state index >= 15 is 0 Å². The molecule has 3 N–H and O–H groups in total. The highest BCUT2D eigenvalue weighted by Crippen LogP contribution is 2.28. The Morgan fingerprint density at radius 2 is 1.93 bits per heavy atom. The van der Waals surface area contributed by atoms with Crippen LogP contribution in [0.2, 0.25) is 0 Å². The highest BCUT2D eigenvalue weighted by atomic mass is 16.3. The fraction of sp³-hybridized carbons (Fsp3) is 0.273. The number of hydrogen-bond donors (Lipinski definition) is 3. The van der Waals surface area contributed by atoms with Crippen molar-refractivity contribution in [1.29, 1.82) is 0 Å². The zero-order valence-electron chi connectivity index (χ0n) is 16.1. The minimum Gasteiger partial charge on any atom is -0.378 e. The first-order chi connectivity index (χ1) is 14.4. The van der Waals surface area contributed by atoms with Gasteiger partial charge in [0.1, 0.15) is 6.04 Å². The molecule has 0 radical (unpaired) electrons. The van der Waals surface area contributed by atoms with Gasteiger partial charge in [0.05, 0.1) is 0 Å². The third-order valence-corrected chi connectivity index (χ3v) is 5.42. The van der Waals surface area contributed by atoms with Crippen LogP contribution in [0.4, 0.5) is 0 Å². The average molecular weight is 407 g/mol. The summed E-state index contributed by atoms with van der Waals surface area (Å²) in [6.45, 7) is 0.470. The van der Waals surface area contributed by atoms with E-state index in [9.17, 15) is 24.3 Å². The molecular weight excluding hydrogens is 386 g/mol. The van der Waals surface area contributed by atoms with Gasteiger partial charge in [0, 0.05) is 25.1 Å². The Labute approximate surface area is 172 Å². The number of nitrogens with zero attached hydrogens (tertiary/aromatic N) is 1. The molecule has 2 aromatic carbocycles. The molecule has 8 heteroatoms. The quantitative estimate of drug-likeness (QED) is 0.634. The predicted octanol–water partition coefficient (Wildman–Crippen LogP) is 0.797. The number of aliphatic hydroxyl groups excluding tert-OH is 1. The Morgan fingerprint density at radius 1 is 1.17 bits per heavy atom. The molecule has 0 bridgehead atoms. The second-order valence-corrected chi connectivity index (χ2v) is 7.42. The maximum atomic E-state index is 12.7. The summed E-state index contributed by atoms with van der Waals surface area (Å²) in [5.74, 6) is -1.52. The molecule has 2 aliphatic heterocycles. The molecule has 154 valence electrons. The van der Waals surface area contributed by atoms with Gasteiger partial charge in [-0.3, -0.25) is 24.5 Å². The lowest BCUT2D eigenvalue weighted by molar-refractivity contribution is -0.137. The van der Waals surface area contributed by atoms with E-state index in [0.717, 1.165) is 11.1 Å². The summed E-state index contributed by atoms with van der Waals surface area (Å²) in [7, 11) is 0. The van der Waals surface area contributed by atoms with Crippen LogP contribution in [0.5, 0.6) is 0 Å². The maximum absolute atomic E-state index is 12.7. The third-order valence-electron chi connectivity index (χ3n) is 5.42. The monoisotopic (exact) mass is 407 g/mol. The molecule has 2 aliphatic rings. The summed E-state index contributed by atoms with van der Waals surface area (Å²) in [6, 6.07) is 13.2. The van der Waals surface area contributed by atoms with Crippen LogP contribution in [0, 0.1) is 0 Å². The third kappa shape index (κ3) is 3.81. The summed E-state index contributed by atoms with van der Waals surface area (Å²) in [6.07, 6.45) is -0.743. The molecule has 1 fully saturated rings. The van der Waals surface area contributed by atoms with Crippen molar-refractivity contribution in [2.45, 2.75) is 38.1 Å². The second-order valence-electron chi connectivity index (χ2n) is 7.42. The topological polar surface area (TPSA) is 116 Å². The Bertz CT molecular complexity index is 1020. The predicted molar refractivity (Wildman–Crippen MR) is 106 cm³/mol. The van der Waals surface area contributed by atoms with Gasteiger partial charge in [-0.15, -0.1) is 0 Å². The molecule has 2 heterocycles. The van der Waals surface area contributed by atoms with Gasteiger partial charge in [0.2, 0.25) is 11.8 Å². The van der Waals surface area contributed by atoms with Crippen molar-refractivity contribution in [3.63, 3.8) is 0 Å². The van der Waals surface area contributed by atoms with Gasteiger partial charge in [0.25, 0.3) is 11.8 Å². The van der Waals surface area contributed by atoms with Gasteiger partial charge in [-0.25, -0.2) is 0 Å². The number of aliphatic hydroxyl groups is 1. The summed E-state index contributed by atoms with van der Waals surface area (Å²) >= 11 is 0. The highest BCUT2D eigenvalue weighted by molar-refractivity contribution is 6.05. The standard InChI is InChI=1S/C22H21N3O5/c26-18-9-8-17(20(28)24-18)25-12-15-10-13(6-7-16(15)22(25)30)11-23-21(29)19(27)14-4-2-1-3-5-14/h1-7,10,17,19,27H,8-9,11-12H2,(H,23,29)(H,24,26,28). The van der Waals surface area contributed by atoms with Crippen LogP contribution in [0.25, 0.3) is 0 Å². The van der Waals surface area contributed by atoms with Crippen molar-refractivity contribution in [2.75, 3.05) is 0 Å². The Balaban J connectivity index is 1.41. The zero-order valence-corrected chi connectivity index (χ0v) is 16.1. The highest BCUT2D eigenvalue weighted by Gasteiger charge is 2.39. The minimum absolute atomic E-state index is 0.197. The largest absolute Gasteiger partial charge is 0.378 e. The molecule has 2 aromatic rings. The molecule has 2 atom stereocenters. The lowest BCUT2D eigenvalue weighted by atomic mass is 10.0. The van der Waals surface area contributed by atoms with Gasteiger partial charge < -0.3 is 15.3 Å². The van der Waals surface area contributed by atoms with Crippen LogP contribution >= 0.6 is 0 Å². The van der Waals surface area contributed by atoms with Gasteiger partial charge in [0.15, 0.2) is 6.10 Å². The first kappa shape index (κ1) is 19.8. The van der Waals surface area contributed by atoms with Crippen molar-refractivity contribution in [3.8, 4) is 0 Å². The smallest absolute Gasteiger partial charge is 0.255 e. The number of carbonyl (C=O) groups is 4. The number of piperidine rings is 1. The molecule has 4 rings (SSSR count). The van der Waals surface area contributed by atoms with Crippen molar-refractivity contribution in [3.05, 3.63) is 70.8 Å². The number of imide groups is 1. The van der Waals surface area contributed by atoms with E-state index in [4.69, 9.17) is 0 Å². The number of amides is 4. The van der Waals surface area contributed by atoms with Crippen LogP contribution in [-0.2, 0) is 27.5 Å². The van der Waals surface area contributed by atoms with Crippen LogP contribution in [0.3, 0.4) is 0 Å². The Kier molecular flexibility index (Phi) is 5.33. The summed E-state index contributed by atoms with van der Waals surface area (Å²) in [5, 5.41) is 15.1. The SMILES string of the molecule is O=C1CCC(N2Cc3cc(CNC(=O)C(O)c4ccccc4)ccc3C2=O)C(=O)N1. The maximum Gasteiger partial charge on any atom is 0.255 e. The summed E-state index contributed by atoms with van der Waals surface area (Å²) in [4.78, 5) is 49.9. The molecule has 0 aliphatic carbocycles. The summed E-state index contributed by atoms with van der Waals surface area (Å²) in [5.41, 5.74) is 2.56. The number of hydrogen-bond acceptors (Lipinski definition) is 5. The lowest BCUT2D eigenvalue weighted by Crippen LogP contribution is -2.52. The number of nitrogens with one attached hydrogen (secondary N) is 2. The van der Waals surface area contributed by atoms with E-state index in [1.807, 2.05) is 6.07 Å². The molecule has 0 saturated carbocycles. The van der Waals surface area contributed by atoms with E-state index in [1.165, 1.54) is 4.90 Å². The Morgan fingerprint density at radius 3 is 2.67 bits per heavy atom. The van der Waals surface area contributed by atoms with E-state index in [0.29, 0.717) is 17.5 Å². The fourth-order valence-corrected chi connectivity index (χ4v) is 3.81. The van der Waals surface area contributed by atoms with Gasteiger partial charge in [-0.05, 0) is 29.2 Å². The van der Waals surface area contributed by atoms with Crippen LogP contribution in [0.1, 0.15) is 46.0 Å². The molecule has 0 aromatic heterocycles. The number of fused-ring (bicyclic) bond motifs is 1. The molecule has 2 unspecified atom stereocenters. The minimum atomic E-state index is -1.26. The van der Waals surface area contributed by atoms with Crippen molar-refractivity contribution in [1.82, 2.24) is 15.5 Å². The normalized spacial score (nSPS) is 19.3. The van der Waals surface area contributed by atoms with Crippen molar-refractivity contribution in [2.24, 2.45) is 0 Å². The molecule has 4 amide bonds. The number of rotatable bonds is 5. The zero-order chi connectivity index (χ0) is 21.3. The number of benzene rings is 2. The van der Waals surface area contributed by atoms with E-state index < -0.39 is 24.0 Å². The second kappa shape index (κ2) is 8.08. The fourth-order valence-electron chi connectivity index (χ4n) is 3.81. The van der Waals surface area contributed by atoms with Crippen LogP contribution < -0.4 is 10.6 Å². The van der Waals surface area contributed by atoms with Crippen molar-refractivity contribution >= 4 is 23.6 Å². The first-order valence-corrected chi connectivity index (χ1v) is 9.71. The van der Waals surface area contributed by atoms with Crippen molar-refractivity contribution < 1.29 is 24.3 Å². The van der Waals surface area contributed by atoms with Gasteiger partial charge in [-0.2, -0.15) is 0 Å². The molecular formula is C22H21N3O5. The van der Waals surface area contributed by atoms with Gasteiger partial charge >= 0.3 is 0 Å². The number of carbonyl (C=O) groups excluding carboxylic acids is 4. The van der Waals surface area contributed by atoms with Gasteiger partial charge in [-0.1, -0.05) is 42.5 Å². The first-order valence-electron chi connectivity index (χ1n) is 9.71. The van der Waals surface area contributed by atoms with E-state index in [2.05, 4.69) is 10.6 Å². The molecule has 30 heavy (non-hydrogen) atoms. The average Bonchev–Trinajstić information content (AvgIpc) is 3.07. The van der Waals surface area contributed by atoms with Crippen LogP contribution in [0.15, 0.2) is 48.5 Å². The summed E-state index contributed by atoms with van der Waals surface area (Å²) < 4.78 is 0. The molecule has 0 spiro atoms. The molecule has 1 saturated heterocycles. The van der Waals surface area contributed by atoms with E-state index in [1.54, 1.807) is 42.5 Å². The van der Waals surface area contributed by atoms with E-state index in [-0.39, 0.29) is 31.3 Å². The van der Waals surface area contributed by atoms with Crippen LogP contribution in [-0.4, -0.2) is 39.7 Å². The lowest BCUT2D eigenvalue weighted by Gasteiger charge is -2.29.